The predicted octanol–water partition coefficient (Wildman–Crippen LogP) is 2.27. The van der Waals surface area contributed by atoms with Gasteiger partial charge in [-0.25, -0.2) is 13.1 Å². The molecule has 1 fully saturated rings. The number of aliphatic hydroxyl groups excluding tert-OH is 1. The van der Waals surface area contributed by atoms with E-state index in [2.05, 4.69) is 4.72 Å². The average Bonchev–Trinajstić information content (AvgIpc) is 2.80. The van der Waals surface area contributed by atoms with E-state index >= 15 is 0 Å². The van der Waals surface area contributed by atoms with Crippen molar-refractivity contribution in [1.29, 1.82) is 0 Å². The molecule has 2 N–H and O–H groups in total. The van der Waals surface area contributed by atoms with Gasteiger partial charge in [0.2, 0.25) is 10.0 Å². The Morgan fingerprint density at radius 1 is 1.37 bits per heavy atom. The lowest BCUT2D eigenvalue weighted by atomic mass is 10.2. The highest BCUT2D eigenvalue weighted by Gasteiger charge is 2.25. The van der Waals surface area contributed by atoms with Crippen LogP contribution in [0.1, 0.15) is 12.0 Å². The summed E-state index contributed by atoms with van der Waals surface area (Å²) in [5.41, 5.74) is 0.340. The molecule has 1 unspecified atom stereocenters. The first-order chi connectivity index (χ1) is 8.94. The number of nitrogens with one attached hydrogen (secondary N) is 1. The van der Waals surface area contributed by atoms with Crippen LogP contribution in [0.3, 0.4) is 0 Å². The molecule has 0 spiro atoms. The largest absolute Gasteiger partial charge is 0.392 e. The zero-order valence-corrected chi connectivity index (χ0v) is 13.0. The molecule has 1 saturated heterocycles. The lowest BCUT2D eigenvalue weighted by molar-refractivity contribution is 0.281. The Morgan fingerprint density at radius 2 is 2.11 bits per heavy atom. The molecule has 1 aromatic carbocycles. The molecule has 1 aliphatic rings. The highest BCUT2D eigenvalue weighted by Crippen LogP contribution is 2.29. The van der Waals surface area contributed by atoms with Crippen LogP contribution in [0.4, 0.5) is 0 Å². The molecule has 4 nitrogen and oxygen atoms in total. The second kappa shape index (κ2) is 6.20. The second-order valence-electron chi connectivity index (χ2n) is 4.21. The minimum absolute atomic E-state index is 0.0421. The number of hydrogen-bond acceptors (Lipinski definition) is 4. The molecule has 0 bridgehead atoms. The van der Waals surface area contributed by atoms with Crippen LogP contribution in [0, 0.1) is 0 Å². The molecule has 1 atom stereocenters. The first kappa shape index (κ1) is 15.4. The van der Waals surface area contributed by atoms with Crippen LogP contribution in [-0.4, -0.2) is 31.1 Å². The molecule has 8 heteroatoms. The molecule has 19 heavy (non-hydrogen) atoms. The minimum atomic E-state index is -3.69. The van der Waals surface area contributed by atoms with Crippen molar-refractivity contribution in [3.05, 3.63) is 27.7 Å². The van der Waals surface area contributed by atoms with Crippen LogP contribution in [0.2, 0.25) is 10.0 Å². The van der Waals surface area contributed by atoms with Crippen LogP contribution in [0.25, 0.3) is 0 Å². The monoisotopic (exact) mass is 341 g/mol. The van der Waals surface area contributed by atoms with Crippen molar-refractivity contribution in [2.45, 2.75) is 24.0 Å². The Bertz CT molecular complexity index is 572. The van der Waals surface area contributed by atoms with Crippen molar-refractivity contribution < 1.29 is 13.5 Å². The molecule has 0 saturated carbocycles. The summed E-state index contributed by atoms with van der Waals surface area (Å²) in [7, 11) is -3.69. The van der Waals surface area contributed by atoms with Crippen LogP contribution >= 0.6 is 35.0 Å². The smallest absolute Gasteiger partial charge is 0.242 e. The molecule has 0 amide bonds. The number of rotatable bonds is 4. The van der Waals surface area contributed by atoms with E-state index in [0.717, 1.165) is 17.9 Å². The Hall–Kier alpha value is 0.0200. The fourth-order valence-corrected chi connectivity index (χ4v) is 5.19. The Kier molecular flexibility index (Phi) is 5.03. The summed E-state index contributed by atoms with van der Waals surface area (Å²) in [5, 5.41) is 9.45. The Morgan fingerprint density at radius 3 is 2.68 bits per heavy atom. The third-order valence-corrected chi connectivity index (χ3v) is 6.31. The van der Waals surface area contributed by atoms with Gasteiger partial charge < -0.3 is 5.11 Å². The molecule has 2 rings (SSSR count). The zero-order valence-electron chi connectivity index (χ0n) is 9.90. The van der Waals surface area contributed by atoms with E-state index in [-0.39, 0.29) is 27.6 Å². The molecule has 106 valence electrons. The van der Waals surface area contributed by atoms with E-state index in [1.54, 1.807) is 11.8 Å². The first-order valence-corrected chi connectivity index (χ1v) is 9.02. The number of benzene rings is 1. The van der Waals surface area contributed by atoms with Crippen LogP contribution in [-0.2, 0) is 16.6 Å². The SMILES string of the molecule is O=S(=O)(NC1CCSC1)c1cc(CO)c(Cl)cc1Cl. The quantitative estimate of drug-likeness (QED) is 0.881. The van der Waals surface area contributed by atoms with E-state index in [1.807, 2.05) is 0 Å². The lowest BCUT2D eigenvalue weighted by Crippen LogP contribution is -2.34. The van der Waals surface area contributed by atoms with E-state index in [0.29, 0.717) is 5.56 Å². The summed E-state index contributed by atoms with van der Waals surface area (Å²) in [6.07, 6.45) is 0.808. The molecular formula is C11H13Cl2NO3S2. The Labute approximate surface area is 126 Å². The maximum absolute atomic E-state index is 12.3. The normalized spacial score (nSPS) is 19.8. The fraction of sp³-hybridized carbons (Fsp3) is 0.455. The fourth-order valence-electron chi connectivity index (χ4n) is 1.81. The van der Waals surface area contributed by atoms with Gasteiger partial charge in [-0.05, 0) is 29.9 Å². The van der Waals surface area contributed by atoms with Crippen molar-refractivity contribution in [2.75, 3.05) is 11.5 Å². The summed E-state index contributed by atoms with van der Waals surface area (Å²) in [6, 6.07) is 2.58. The maximum atomic E-state index is 12.3. The van der Waals surface area contributed by atoms with Crippen LogP contribution in [0.15, 0.2) is 17.0 Å². The molecule has 0 aromatic heterocycles. The van der Waals surface area contributed by atoms with Crippen LogP contribution in [0.5, 0.6) is 0 Å². The Balaban J connectivity index is 2.33. The number of thioether (sulfide) groups is 1. The number of halogens is 2. The van der Waals surface area contributed by atoms with Crippen molar-refractivity contribution in [1.82, 2.24) is 4.72 Å². The van der Waals surface area contributed by atoms with E-state index in [4.69, 9.17) is 28.3 Å². The standard InChI is InChI=1S/C11H13Cl2NO3S2/c12-9-4-10(13)11(3-7(9)5-15)19(16,17)14-8-1-2-18-6-8/h3-4,8,14-15H,1-2,5-6H2. The maximum Gasteiger partial charge on any atom is 0.242 e. The van der Waals surface area contributed by atoms with Gasteiger partial charge in [-0.2, -0.15) is 11.8 Å². The van der Waals surface area contributed by atoms with E-state index in [1.165, 1.54) is 12.1 Å². The van der Waals surface area contributed by atoms with Gasteiger partial charge in [0.15, 0.2) is 0 Å². The average molecular weight is 342 g/mol. The summed E-state index contributed by atoms with van der Waals surface area (Å²) < 4.78 is 27.1. The van der Waals surface area contributed by atoms with Gasteiger partial charge in [-0.15, -0.1) is 0 Å². The van der Waals surface area contributed by atoms with Crippen molar-refractivity contribution in [2.24, 2.45) is 0 Å². The number of hydrogen-bond donors (Lipinski definition) is 2. The van der Waals surface area contributed by atoms with Gasteiger partial charge in [-0.3, -0.25) is 0 Å². The topological polar surface area (TPSA) is 66.4 Å². The summed E-state index contributed by atoms with van der Waals surface area (Å²) >= 11 is 13.5. The van der Waals surface area contributed by atoms with Gasteiger partial charge >= 0.3 is 0 Å². The molecule has 1 aliphatic heterocycles. The van der Waals surface area contributed by atoms with E-state index in [9.17, 15) is 8.42 Å². The molecule has 0 radical (unpaired) electrons. The summed E-state index contributed by atoms with van der Waals surface area (Å²) in [5.74, 6) is 1.71. The highest BCUT2D eigenvalue weighted by molar-refractivity contribution is 7.99. The highest BCUT2D eigenvalue weighted by atomic mass is 35.5. The molecular weight excluding hydrogens is 329 g/mol. The zero-order chi connectivity index (χ0) is 14.0. The third kappa shape index (κ3) is 3.56. The van der Waals surface area contributed by atoms with E-state index < -0.39 is 10.0 Å². The molecule has 0 aliphatic carbocycles. The summed E-state index contributed by atoms with van der Waals surface area (Å²) in [6.45, 7) is -0.336. The predicted molar refractivity (Wildman–Crippen MR) is 78.4 cm³/mol. The molecule has 1 heterocycles. The van der Waals surface area contributed by atoms with Crippen molar-refractivity contribution >= 4 is 45.0 Å². The minimum Gasteiger partial charge on any atom is -0.392 e. The molecule has 1 aromatic rings. The van der Waals surface area contributed by atoms with Gasteiger partial charge in [0, 0.05) is 16.8 Å². The summed E-state index contributed by atoms with van der Waals surface area (Å²) in [4.78, 5) is -0.0421. The van der Waals surface area contributed by atoms with Gasteiger partial charge in [0.25, 0.3) is 0 Å². The van der Waals surface area contributed by atoms with Gasteiger partial charge in [0.1, 0.15) is 4.90 Å². The van der Waals surface area contributed by atoms with Crippen molar-refractivity contribution in [3.63, 3.8) is 0 Å². The first-order valence-electron chi connectivity index (χ1n) is 5.63. The lowest BCUT2D eigenvalue weighted by Gasteiger charge is -2.14. The second-order valence-corrected chi connectivity index (χ2v) is 7.86. The van der Waals surface area contributed by atoms with Crippen molar-refractivity contribution in [3.8, 4) is 0 Å². The third-order valence-electron chi connectivity index (χ3n) is 2.81. The van der Waals surface area contributed by atoms with Gasteiger partial charge in [0.05, 0.1) is 11.6 Å². The number of sulfonamides is 1. The number of aliphatic hydroxyl groups is 1. The van der Waals surface area contributed by atoms with Gasteiger partial charge in [-0.1, -0.05) is 23.2 Å². The van der Waals surface area contributed by atoms with Crippen LogP contribution < -0.4 is 4.72 Å².